The molecule has 4 heterocycles. The van der Waals surface area contributed by atoms with E-state index in [2.05, 4.69) is 19.9 Å². The zero-order valence-corrected chi connectivity index (χ0v) is 16.4. The fourth-order valence-corrected chi connectivity index (χ4v) is 4.99. The van der Waals surface area contributed by atoms with Gasteiger partial charge in [0.2, 0.25) is 5.88 Å². The van der Waals surface area contributed by atoms with E-state index >= 15 is 0 Å². The molecule has 3 atom stereocenters. The van der Waals surface area contributed by atoms with Gasteiger partial charge < -0.3 is 25.0 Å². The van der Waals surface area contributed by atoms with Crippen molar-refractivity contribution in [2.24, 2.45) is 0 Å². The van der Waals surface area contributed by atoms with Gasteiger partial charge in [0.1, 0.15) is 10.8 Å². The maximum Gasteiger partial charge on any atom is 0.251 e. The van der Waals surface area contributed by atoms with Crippen molar-refractivity contribution < 1.29 is 14.3 Å². The molecule has 7 nitrogen and oxygen atoms in total. The first kappa shape index (κ1) is 17.9. The lowest BCUT2D eigenvalue weighted by Gasteiger charge is -2.26. The standard InChI is InChI=1S/C20H24N4O3S/c25-20(22-17-11-14-3-6-16(17)21-14)13-1-4-15(5-2-13)27-18-12-19(28-23-18)24-7-9-26-10-8-24/h1-2,4-5,12,14,16-17,21H,3,6-11H2,(H,22,25). The van der Waals surface area contributed by atoms with Crippen LogP contribution >= 0.6 is 11.5 Å². The molecule has 3 aliphatic heterocycles. The van der Waals surface area contributed by atoms with E-state index in [0.29, 0.717) is 29.3 Å². The fourth-order valence-electron chi connectivity index (χ4n) is 4.26. The van der Waals surface area contributed by atoms with E-state index in [1.165, 1.54) is 18.0 Å². The smallest absolute Gasteiger partial charge is 0.251 e. The summed E-state index contributed by atoms with van der Waals surface area (Å²) in [4.78, 5) is 14.8. The first-order valence-electron chi connectivity index (χ1n) is 9.89. The lowest BCUT2D eigenvalue weighted by molar-refractivity contribution is 0.0931. The minimum atomic E-state index is -0.0193. The molecule has 1 amide bonds. The molecule has 1 aromatic carbocycles. The second-order valence-corrected chi connectivity index (χ2v) is 8.38. The molecule has 0 spiro atoms. The van der Waals surface area contributed by atoms with E-state index in [1.807, 2.05) is 18.2 Å². The van der Waals surface area contributed by atoms with E-state index in [0.717, 1.165) is 44.1 Å². The highest BCUT2D eigenvalue weighted by atomic mass is 32.1. The molecule has 5 rings (SSSR count). The van der Waals surface area contributed by atoms with Crippen LogP contribution in [0.25, 0.3) is 0 Å². The zero-order chi connectivity index (χ0) is 18.9. The Labute approximate surface area is 168 Å². The van der Waals surface area contributed by atoms with Crippen molar-refractivity contribution in [2.75, 3.05) is 31.2 Å². The summed E-state index contributed by atoms with van der Waals surface area (Å²) in [5.41, 5.74) is 0.655. The molecule has 8 heteroatoms. The van der Waals surface area contributed by atoms with Crippen LogP contribution in [0, 0.1) is 0 Å². The van der Waals surface area contributed by atoms with Gasteiger partial charge in [-0.05, 0) is 55.1 Å². The zero-order valence-electron chi connectivity index (χ0n) is 15.6. The lowest BCUT2D eigenvalue weighted by Crippen LogP contribution is -2.42. The van der Waals surface area contributed by atoms with Crippen LogP contribution in [0.2, 0.25) is 0 Å². The molecule has 148 valence electrons. The van der Waals surface area contributed by atoms with E-state index < -0.39 is 0 Å². The van der Waals surface area contributed by atoms with Crippen LogP contribution in [0.1, 0.15) is 29.6 Å². The van der Waals surface area contributed by atoms with E-state index in [9.17, 15) is 4.79 Å². The van der Waals surface area contributed by atoms with Gasteiger partial charge in [0.05, 0.1) is 13.2 Å². The number of aromatic nitrogens is 1. The van der Waals surface area contributed by atoms with Gasteiger partial charge in [-0.1, -0.05) is 0 Å². The van der Waals surface area contributed by atoms with Crippen LogP contribution in [0.3, 0.4) is 0 Å². The molecule has 0 radical (unpaired) electrons. The molecule has 3 aliphatic rings. The van der Waals surface area contributed by atoms with Crippen molar-refractivity contribution in [2.45, 2.75) is 37.4 Å². The Morgan fingerprint density at radius 3 is 2.79 bits per heavy atom. The van der Waals surface area contributed by atoms with Gasteiger partial charge in [0, 0.05) is 42.8 Å². The monoisotopic (exact) mass is 400 g/mol. The van der Waals surface area contributed by atoms with Crippen LogP contribution < -0.4 is 20.3 Å². The number of carbonyl (C=O) groups is 1. The molecule has 3 unspecified atom stereocenters. The first-order valence-corrected chi connectivity index (χ1v) is 10.7. The van der Waals surface area contributed by atoms with E-state index in [4.69, 9.17) is 9.47 Å². The molecule has 1 aromatic heterocycles. The highest BCUT2D eigenvalue weighted by molar-refractivity contribution is 7.10. The number of carbonyl (C=O) groups excluding carboxylic acids is 1. The number of morpholine rings is 1. The Balaban J connectivity index is 1.18. The summed E-state index contributed by atoms with van der Waals surface area (Å²) >= 11 is 1.43. The summed E-state index contributed by atoms with van der Waals surface area (Å²) in [5.74, 6) is 1.24. The molecular formula is C20H24N4O3S. The van der Waals surface area contributed by atoms with Crippen molar-refractivity contribution >= 4 is 22.4 Å². The minimum Gasteiger partial charge on any atom is -0.438 e. The number of anilines is 1. The van der Waals surface area contributed by atoms with Gasteiger partial charge in [-0.15, -0.1) is 0 Å². The summed E-state index contributed by atoms with van der Waals surface area (Å²) in [7, 11) is 0. The molecule has 28 heavy (non-hydrogen) atoms. The van der Waals surface area contributed by atoms with Crippen molar-refractivity contribution in [3.8, 4) is 11.6 Å². The molecule has 0 saturated carbocycles. The maximum absolute atomic E-state index is 12.5. The summed E-state index contributed by atoms with van der Waals surface area (Å²) in [6.45, 7) is 3.25. The van der Waals surface area contributed by atoms with Crippen LogP contribution in [0.15, 0.2) is 30.3 Å². The van der Waals surface area contributed by atoms with Crippen molar-refractivity contribution in [3.63, 3.8) is 0 Å². The van der Waals surface area contributed by atoms with Crippen molar-refractivity contribution in [1.82, 2.24) is 15.0 Å². The minimum absolute atomic E-state index is 0.0193. The van der Waals surface area contributed by atoms with Crippen LogP contribution in [-0.4, -0.2) is 54.7 Å². The second kappa shape index (κ2) is 7.69. The van der Waals surface area contributed by atoms with E-state index in [1.54, 1.807) is 12.1 Å². The van der Waals surface area contributed by atoms with Crippen LogP contribution in [0.5, 0.6) is 11.6 Å². The van der Waals surface area contributed by atoms with Gasteiger partial charge in [0.25, 0.3) is 5.91 Å². The number of nitrogens with zero attached hydrogens (tertiary/aromatic N) is 2. The number of benzene rings is 1. The largest absolute Gasteiger partial charge is 0.438 e. The predicted octanol–water partition coefficient (Wildman–Crippen LogP) is 2.39. The second-order valence-electron chi connectivity index (χ2n) is 7.59. The molecule has 2 aromatic rings. The van der Waals surface area contributed by atoms with Gasteiger partial charge in [0.15, 0.2) is 0 Å². The van der Waals surface area contributed by atoms with Gasteiger partial charge in [-0.25, -0.2) is 0 Å². The Hall–Kier alpha value is -2.16. The normalized spacial score (nSPS) is 26.4. The fraction of sp³-hybridized carbons (Fsp3) is 0.500. The third-order valence-electron chi connectivity index (χ3n) is 5.75. The predicted molar refractivity (Wildman–Crippen MR) is 107 cm³/mol. The van der Waals surface area contributed by atoms with Crippen LogP contribution in [-0.2, 0) is 4.74 Å². The lowest BCUT2D eigenvalue weighted by atomic mass is 9.95. The average molecular weight is 401 g/mol. The topological polar surface area (TPSA) is 75.7 Å². The average Bonchev–Trinajstić information content (AvgIpc) is 3.46. The van der Waals surface area contributed by atoms with Gasteiger partial charge in [-0.2, -0.15) is 4.37 Å². The number of nitrogens with one attached hydrogen (secondary N) is 2. The Morgan fingerprint density at radius 1 is 1.25 bits per heavy atom. The first-order chi connectivity index (χ1) is 13.7. The number of fused-ring (bicyclic) bond motifs is 2. The molecule has 0 aliphatic carbocycles. The SMILES string of the molecule is O=C(NC1CC2CCC1N2)c1ccc(Oc2cc(N3CCOCC3)sn2)cc1. The summed E-state index contributed by atoms with van der Waals surface area (Å²) in [6.07, 6.45) is 3.42. The third-order valence-corrected chi connectivity index (χ3v) is 6.59. The molecule has 3 saturated heterocycles. The highest BCUT2D eigenvalue weighted by Gasteiger charge is 2.39. The number of amides is 1. The molecule has 2 N–H and O–H groups in total. The Bertz CT molecular complexity index is 834. The summed E-state index contributed by atoms with van der Waals surface area (Å²) in [6, 6.07) is 10.5. The molecule has 3 fully saturated rings. The Morgan fingerprint density at radius 2 is 2.07 bits per heavy atom. The number of rotatable bonds is 5. The highest BCUT2D eigenvalue weighted by Crippen LogP contribution is 2.30. The van der Waals surface area contributed by atoms with Gasteiger partial charge >= 0.3 is 0 Å². The van der Waals surface area contributed by atoms with Crippen LogP contribution in [0.4, 0.5) is 5.00 Å². The Kier molecular flexibility index (Phi) is 4.92. The summed E-state index contributed by atoms with van der Waals surface area (Å²) in [5, 5.41) is 7.80. The van der Waals surface area contributed by atoms with Gasteiger partial charge in [-0.3, -0.25) is 4.79 Å². The summed E-state index contributed by atoms with van der Waals surface area (Å²) < 4.78 is 15.6. The maximum atomic E-state index is 12.5. The number of ether oxygens (including phenoxy) is 2. The number of hydrogen-bond acceptors (Lipinski definition) is 7. The number of hydrogen-bond donors (Lipinski definition) is 2. The quantitative estimate of drug-likeness (QED) is 0.803. The van der Waals surface area contributed by atoms with Crippen molar-refractivity contribution in [1.29, 1.82) is 0 Å². The molecular weight excluding hydrogens is 376 g/mol. The molecule has 2 bridgehead atoms. The van der Waals surface area contributed by atoms with E-state index in [-0.39, 0.29) is 11.9 Å². The third kappa shape index (κ3) is 3.72. The van der Waals surface area contributed by atoms with Crippen molar-refractivity contribution in [3.05, 3.63) is 35.9 Å².